The molecule has 0 aliphatic heterocycles. The SMILES string of the molecule is CN(Cc1cccc(C(=N)N)c1)S(=O)(=O)C1CC1. The van der Waals surface area contributed by atoms with Gasteiger partial charge in [-0.05, 0) is 24.5 Å². The summed E-state index contributed by atoms with van der Waals surface area (Å²) in [5.41, 5.74) is 6.87. The number of nitrogens with two attached hydrogens (primary N) is 1. The number of hydrogen-bond donors (Lipinski definition) is 2. The molecule has 0 amide bonds. The minimum absolute atomic E-state index is 0.00967. The first-order chi connectivity index (χ1) is 8.41. The van der Waals surface area contributed by atoms with Crippen molar-refractivity contribution in [1.29, 1.82) is 5.41 Å². The molecule has 18 heavy (non-hydrogen) atoms. The minimum atomic E-state index is -3.15. The lowest BCUT2D eigenvalue weighted by Crippen LogP contribution is -2.29. The third kappa shape index (κ3) is 2.70. The van der Waals surface area contributed by atoms with Crippen LogP contribution in [0.3, 0.4) is 0 Å². The van der Waals surface area contributed by atoms with Crippen LogP contribution < -0.4 is 5.73 Å². The lowest BCUT2D eigenvalue weighted by atomic mass is 10.1. The van der Waals surface area contributed by atoms with Crippen molar-refractivity contribution in [2.75, 3.05) is 7.05 Å². The number of nitrogens with zero attached hydrogens (tertiary/aromatic N) is 1. The van der Waals surface area contributed by atoms with Gasteiger partial charge in [0, 0.05) is 19.2 Å². The molecule has 0 saturated heterocycles. The molecule has 0 bridgehead atoms. The Morgan fingerprint density at radius 3 is 2.72 bits per heavy atom. The monoisotopic (exact) mass is 267 g/mol. The molecule has 0 atom stereocenters. The van der Waals surface area contributed by atoms with E-state index < -0.39 is 10.0 Å². The molecular formula is C12H17N3O2S. The average Bonchev–Trinajstić information content (AvgIpc) is 3.13. The second-order valence-corrected chi connectivity index (χ2v) is 6.93. The van der Waals surface area contributed by atoms with E-state index in [2.05, 4.69) is 0 Å². The van der Waals surface area contributed by atoms with Gasteiger partial charge in [0.05, 0.1) is 5.25 Å². The van der Waals surface area contributed by atoms with Gasteiger partial charge in [0.2, 0.25) is 10.0 Å². The first-order valence-corrected chi connectivity index (χ1v) is 7.30. The molecule has 0 unspecified atom stereocenters. The van der Waals surface area contributed by atoms with Crippen molar-refractivity contribution in [3.05, 3.63) is 35.4 Å². The van der Waals surface area contributed by atoms with E-state index in [-0.39, 0.29) is 11.1 Å². The van der Waals surface area contributed by atoms with Crippen LogP contribution in [0.4, 0.5) is 0 Å². The highest BCUT2D eigenvalue weighted by atomic mass is 32.2. The Kier molecular flexibility index (Phi) is 3.41. The minimum Gasteiger partial charge on any atom is -0.384 e. The van der Waals surface area contributed by atoms with E-state index in [9.17, 15) is 8.42 Å². The Morgan fingerprint density at radius 2 is 2.17 bits per heavy atom. The number of hydrogen-bond acceptors (Lipinski definition) is 3. The lowest BCUT2D eigenvalue weighted by molar-refractivity contribution is 0.465. The van der Waals surface area contributed by atoms with Gasteiger partial charge in [0.25, 0.3) is 0 Å². The second kappa shape index (κ2) is 4.70. The van der Waals surface area contributed by atoms with E-state index >= 15 is 0 Å². The maximum Gasteiger partial charge on any atom is 0.217 e. The normalized spacial score (nSPS) is 15.9. The van der Waals surface area contributed by atoms with Crippen molar-refractivity contribution < 1.29 is 8.42 Å². The van der Waals surface area contributed by atoms with Crippen LogP contribution in [0.1, 0.15) is 24.0 Å². The Hall–Kier alpha value is -1.40. The summed E-state index contributed by atoms with van der Waals surface area (Å²) in [6, 6.07) is 7.11. The van der Waals surface area contributed by atoms with E-state index in [0.29, 0.717) is 12.1 Å². The maximum atomic E-state index is 12.0. The predicted molar refractivity (Wildman–Crippen MR) is 70.9 cm³/mol. The first kappa shape index (κ1) is 13.0. The van der Waals surface area contributed by atoms with E-state index in [1.165, 1.54) is 4.31 Å². The summed E-state index contributed by atoms with van der Waals surface area (Å²) in [6.45, 7) is 0.319. The fourth-order valence-electron chi connectivity index (χ4n) is 1.80. The number of nitrogens with one attached hydrogen (secondary N) is 1. The van der Waals surface area contributed by atoms with E-state index in [4.69, 9.17) is 11.1 Å². The molecule has 98 valence electrons. The molecule has 1 aromatic carbocycles. The van der Waals surface area contributed by atoms with Crippen LogP contribution in [0.25, 0.3) is 0 Å². The predicted octanol–water partition coefficient (Wildman–Crippen LogP) is 0.895. The molecule has 1 fully saturated rings. The molecule has 0 spiro atoms. The van der Waals surface area contributed by atoms with Crippen LogP contribution in [-0.4, -0.2) is 30.9 Å². The topological polar surface area (TPSA) is 87.2 Å². The van der Waals surface area contributed by atoms with Crippen LogP contribution in [-0.2, 0) is 16.6 Å². The first-order valence-electron chi connectivity index (χ1n) is 5.80. The molecule has 1 saturated carbocycles. The molecular weight excluding hydrogens is 250 g/mol. The lowest BCUT2D eigenvalue weighted by Gasteiger charge is -2.17. The highest BCUT2D eigenvalue weighted by Crippen LogP contribution is 2.30. The van der Waals surface area contributed by atoms with Crippen LogP contribution in [0, 0.1) is 5.41 Å². The number of nitrogen functional groups attached to an aromatic ring is 1. The Labute approximate surface area is 107 Å². The zero-order chi connectivity index (χ0) is 13.3. The van der Waals surface area contributed by atoms with E-state index in [1.807, 2.05) is 6.07 Å². The summed E-state index contributed by atoms with van der Waals surface area (Å²) in [5.74, 6) is -0.00967. The van der Waals surface area contributed by atoms with Gasteiger partial charge in [-0.15, -0.1) is 0 Å². The summed E-state index contributed by atoms with van der Waals surface area (Å²) in [7, 11) is -1.56. The molecule has 1 aliphatic rings. The van der Waals surface area contributed by atoms with E-state index in [1.54, 1.807) is 25.2 Å². The number of sulfonamides is 1. The van der Waals surface area contributed by atoms with Gasteiger partial charge < -0.3 is 5.73 Å². The molecule has 0 heterocycles. The molecule has 1 aromatic rings. The fraction of sp³-hybridized carbons (Fsp3) is 0.417. The Bertz CT molecular complexity index is 564. The summed E-state index contributed by atoms with van der Waals surface area (Å²) in [5, 5.41) is 7.17. The summed E-state index contributed by atoms with van der Waals surface area (Å²) < 4.78 is 25.3. The smallest absolute Gasteiger partial charge is 0.217 e. The zero-order valence-corrected chi connectivity index (χ0v) is 11.1. The van der Waals surface area contributed by atoms with E-state index in [0.717, 1.165) is 18.4 Å². The van der Waals surface area contributed by atoms with Crippen LogP contribution in [0.2, 0.25) is 0 Å². The summed E-state index contributed by atoms with van der Waals surface area (Å²) in [4.78, 5) is 0. The van der Waals surface area contributed by atoms with Gasteiger partial charge in [-0.25, -0.2) is 12.7 Å². The van der Waals surface area contributed by atoms with Crippen LogP contribution >= 0.6 is 0 Å². The Morgan fingerprint density at radius 1 is 1.50 bits per heavy atom. The van der Waals surface area contributed by atoms with Crippen LogP contribution in [0.5, 0.6) is 0 Å². The molecule has 6 heteroatoms. The maximum absolute atomic E-state index is 12.0. The van der Waals surface area contributed by atoms with Gasteiger partial charge in [0.1, 0.15) is 5.84 Å². The summed E-state index contributed by atoms with van der Waals surface area (Å²) >= 11 is 0. The van der Waals surface area contributed by atoms with Crippen molar-refractivity contribution in [2.45, 2.75) is 24.6 Å². The molecule has 2 rings (SSSR count). The van der Waals surface area contributed by atoms with Gasteiger partial charge in [-0.2, -0.15) is 0 Å². The van der Waals surface area contributed by atoms with Gasteiger partial charge in [-0.1, -0.05) is 18.2 Å². The number of rotatable bonds is 5. The van der Waals surface area contributed by atoms with Gasteiger partial charge >= 0.3 is 0 Å². The molecule has 5 nitrogen and oxygen atoms in total. The highest BCUT2D eigenvalue weighted by Gasteiger charge is 2.38. The third-order valence-corrected chi connectivity index (χ3v) is 5.34. The molecule has 0 aromatic heterocycles. The molecule has 3 N–H and O–H groups in total. The average molecular weight is 267 g/mol. The van der Waals surface area contributed by atoms with Gasteiger partial charge in [-0.3, -0.25) is 5.41 Å². The molecule has 0 radical (unpaired) electrons. The number of amidine groups is 1. The summed E-state index contributed by atoms with van der Waals surface area (Å²) in [6.07, 6.45) is 1.53. The zero-order valence-electron chi connectivity index (χ0n) is 10.3. The van der Waals surface area contributed by atoms with Crippen molar-refractivity contribution in [3.63, 3.8) is 0 Å². The quantitative estimate of drug-likeness (QED) is 0.613. The Balaban J connectivity index is 2.14. The highest BCUT2D eigenvalue weighted by molar-refractivity contribution is 7.90. The van der Waals surface area contributed by atoms with Crippen molar-refractivity contribution in [3.8, 4) is 0 Å². The van der Waals surface area contributed by atoms with Crippen molar-refractivity contribution >= 4 is 15.9 Å². The standard InChI is InChI=1S/C12H17N3O2S/c1-15(18(16,17)11-5-6-11)8-9-3-2-4-10(7-9)12(13)14/h2-4,7,11H,5-6,8H2,1H3,(H3,13,14). The second-order valence-electron chi connectivity index (χ2n) is 4.61. The third-order valence-electron chi connectivity index (χ3n) is 3.02. The largest absolute Gasteiger partial charge is 0.384 e. The fourth-order valence-corrected chi connectivity index (χ4v) is 3.37. The van der Waals surface area contributed by atoms with Crippen molar-refractivity contribution in [1.82, 2.24) is 4.31 Å². The van der Waals surface area contributed by atoms with Crippen molar-refractivity contribution in [2.24, 2.45) is 5.73 Å². The molecule has 1 aliphatic carbocycles. The van der Waals surface area contributed by atoms with Gasteiger partial charge in [0.15, 0.2) is 0 Å². The number of benzene rings is 1. The van der Waals surface area contributed by atoms with Crippen LogP contribution in [0.15, 0.2) is 24.3 Å².